The summed E-state index contributed by atoms with van der Waals surface area (Å²) in [5.41, 5.74) is -0.257. The number of nitrogens with zero attached hydrogens (tertiary/aromatic N) is 4. The van der Waals surface area contributed by atoms with Gasteiger partial charge < -0.3 is 19.5 Å². The number of ether oxygens (including phenoxy) is 1. The maximum atomic E-state index is 12.7. The molecule has 1 N–H and O–H groups in total. The average Bonchev–Trinajstić information content (AvgIpc) is 2.91. The zero-order valence-electron chi connectivity index (χ0n) is 16.0. The molecule has 2 amide bonds. The second kappa shape index (κ2) is 7.09. The van der Waals surface area contributed by atoms with E-state index in [0.717, 1.165) is 24.6 Å². The summed E-state index contributed by atoms with van der Waals surface area (Å²) in [5, 5.41) is 11.7. The van der Waals surface area contributed by atoms with Gasteiger partial charge in [-0.3, -0.25) is 0 Å². The lowest BCUT2D eigenvalue weighted by molar-refractivity contribution is 0.00892. The fourth-order valence-electron chi connectivity index (χ4n) is 3.28. The second-order valence-corrected chi connectivity index (χ2v) is 7.61. The predicted octanol–water partition coefficient (Wildman–Crippen LogP) is 2.69. The molecule has 0 aromatic carbocycles. The van der Waals surface area contributed by atoms with Gasteiger partial charge in [0.05, 0.1) is 11.6 Å². The molecule has 2 unspecified atom stereocenters. The van der Waals surface area contributed by atoms with Gasteiger partial charge >= 0.3 is 6.03 Å². The Hall–Kier alpha value is -1.63. The molecule has 0 spiro atoms. The van der Waals surface area contributed by atoms with Crippen LogP contribution in [0.3, 0.4) is 0 Å². The Morgan fingerprint density at radius 1 is 1.33 bits per heavy atom. The Morgan fingerprint density at radius 2 is 2.00 bits per heavy atom. The fourth-order valence-corrected chi connectivity index (χ4v) is 3.28. The summed E-state index contributed by atoms with van der Waals surface area (Å²) >= 11 is 0. The van der Waals surface area contributed by atoms with Crippen molar-refractivity contribution in [3.8, 4) is 0 Å². The molecule has 1 aliphatic rings. The Bertz CT molecular complexity index is 582. The summed E-state index contributed by atoms with van der Waals surface area (Å²) in [4.78, 5) is 14.5. The fraction of sp³-hybridized carbons (Fsp3) is 0.824. The Kier molecular flexibility index (Phi) is 5.52. The standard InChI is InChI=1S/C17H31N5O2/c1-11(2)14-19-20-15-13(4)21(8-9-22(14)15)16(23)18-12(3)10-17(5,6)24-7/h11-13H,8-10H2,1-7H3,(H,18,23). The van der Waals surface area contributed by atoms with Crippen LogP contribution in [0.1, 0.15) is 71.6 Å². The van der Waals surface area contributed by atoms with E-state index in [1.807, 2.05) is 32.6 Å². The van der Waals surface area contributed by atoms with Crippen LogP contribution in [0.15, 0.2) is 0 Å². The van der Waals surface area contributed by atoms with Gasteiger partial charge in [0.15, 0.2) is 5.82 Å². The SMILES string of the molecule is COC(C)(C)CC(C)NC(=O)N1CCn2c(C(C)C)nnc2C1C. The number of amides is 2. The largest absolute Gasteiger partial charge is 0.379 e. The maximum absolute atomic E-state index is 12.7. The van der Waals surface area contributed by atoms with E-state index in [2.05, 4.69) is 33.9 Å². The minimum atomic E-state index is -0.257. The molecule has 24 heavy (non-hydrogen) atoms. The van der Waals surface area contributed by atoms with Crippen molar-refractivity contribution in [3.05, 3.63) is 11.6 Å². The number of carbonyl (C=O) groups excluding carboxylic acids is 1. The number of hydrogen-bond acceptors (Lipinski definition) is 4. The van der Waals surface area contributed by atoms with Crippen LogP contribution < -0.4 is 5.32 Å². The lowest BCUT2D eigenvalue weighted by Crippen LogP contribution is -2.50. The minimum absolute atomic E-state index is 0.0330. The summed E-state index contributed by atoms with van der Waals surface area (Å²) in [6, 6.07) is -0.102. The lowest BCUT2D eigenvalue weighted by atomic mass is 10.00. The van der Waals surface area contributed by atoms with E-state index in [0.29, 0.717) is 12.5 Å². The third kappa shape index (κ3) is 3.88. The van der Waals surface area contributed by atoms with Crippen molar-refractivity contribution in [3.63, 3.8) is 0 Å². The quantitative estimate of drug-likeness (QED) is 0.896. The van der Waals surface area contributed by atoms with Crippen molar-refractivity contribution in [2.45, 2.75) is 78.1 Å². The molecule has 7 heteroatoms. The van der Waals surface area contributed by atoms with Crippen LogP contribution in [-0.4, -0.2) is 51.0 Å². The number of carbonyl (C=O) groups is 1. The van der Waals surface area contributed by atoms with Gasteiger partial charge in [0.25, 0.3) is 0 Å². The zero-order chi connectivity index (χ0) is 18.1. The molecule has 1 aromatic rings. The molecule has 7 nitrogen and oxygen atoms in total. The van der Waals surface area contributed by atoms with Gasteiger partial charge in [0.2, 0.25) is 0 Å². The molecule has 2 heterocycles. The van der Waals surface area contributed by atoms with Crippen LogP contribution in [0, 0.1) is 0 Å². The number of nitrogens with one attached hydrogen (secondary N) is 1. The topological polar surface area (TPSA) is 72.3 Å². The summed E-state index contributed by atoms with van der Waals surface area (Å²) < 4.78 is 7.59. The summed E-state index contributed by atoms with van der Waals surface area (Å²) in [5.74, 6) is 2.19. The van der Waals surface area contributed by atoms with Gasteiger partial charge in [0.1, 0.15) is 5.82 Å². The van der Waals surface area contributed by atoms with Crippen molar-refractivity contribution in [2.75, 3.05) is 13.7 Å². The van der Waals surface area contributed by atoms with Crippen LogP contribution >= 0.6 is 0 Å². The molecular formula is C17H31N5O2. The first kappa shape index (κ1) is 18.7. The molecule has 2 atom stereocenters. The first-order chi connectivity index (χ1) is 11.2. The highest BCUT2D eigenvalue weighted by molar-refractivity contribution is 5.75. The van der Waals surface area contributed by atoms with Crippen LogP contribution in [0.25, 0.3) is 0 Å². The number of methoxy groups -OCH3 is 1. The predicted molar refractivity (Wildman–Crippen MR) is 92.9 cm³/mol. The van der Waals surface area contributed by atoms with E-state index in [1.54, 1.807) is 7.11 Å². The molecule has 0 saturated carbocycles. The van der Waals surface area contributed by atoms with E-state index in [4.69, 9.17) is 4.74 Å². The third-order valence-electron chi connectivity index (χ3n) is 4.71. The molecule has 1 aliphatic heterocycles. The summed E-state index contributed by atoms with van der Waals surface area (Å²) in [6.45, 7) is 13.7. The van der Waals surface area contributed by atoms with Crippen LogP contribution in [0.4, 0.5) is 4.79 Å². The van der Waals surface area contributed by atoms with Gasteiger partial charge in [0, 0.05) is 32.2 Å². The Labute approximate surface area is 144 Å². The van der Waals surface area contributed by atoms with E-state index in [1.165, 1.54) is 0 Å². The van der Waals surface area contributed by atoms with Gasteiger partial charge in [-0.2, -0.15) is 0 Å². The number of urea groups is 1. The summed E-state index contributed by atoms with van der Waals surface area (Å²) in [6.07, 6.45) is 0.755. The Morgan fingerprint density at radius 3 is 2.58 bits per heavy atom. The van der Waals surface area contributed by atoms with E-state index >= 15 is 0 Å². The van der Waals surface area contributed by atoms with Crippen molar-refractivity contribution in [2.24, 2.45) is 0 Å². The van der Waals surface area contributed by atoms with E-state index < -0.39 is 0 Å². The molecule has 0 saturated heterocycles. The van der Waals surface area contributed by atoms with E-state index in [9.17, 15) is 4.79 Å². The molecule has 136 valence electrons. The molecule has 0 aliphatic carbocycles. The van der Waals surface area contributed by atoms with Gasteiger partial charge in [-0.05, 0) is 34.1 Å². The molecule has 2 rings (SSSR count). The number of fused-ring (bicyclic) bond motifs is 1. The molecule has 0 bridgehead atoms. The number of rotatable bonds is 5. The molecule has 0 fully saturated rings. The van der Waals surface area contributed by atoms with Crippen LogP contribution in [0.2, 0.25) is 0 Å². The van der Waals surface area contributed by atoms with Crippen molar-refractivity contribution in [1.29, 1.82) is 0 Å². The maximum Gasteiger partial charge on any atom is 0.318 e. The van der Waals surface area contributed by atoms with Crippen molar-refractivity contribution < 1.29 is 9.53 Å². The zero-order valence-corrected chi connectivity index (χ0v) is 16.0. The van der Waals surface area contributed by atoms with Crippen LogP contribution in [0.5, 0.6) is 0 Å². The molecular weight excluding hydrogens is 306 g/mol. The normalized spacial score (nSPS) is 19.3. The van der Waals surface area contributed by atoms with Crippen molar-refractivity contribution in [1.82, 2.24) is 25.0 Å². The van der Waals surface area contributed by atoms with Gasteiger partial charge in [-0.25, -0.2) is 4.79 Å². The minimum Gasteiger partial charge on any atom is -0.379 e. The number of hydrogen-bond donors (Lipinski definition) is 1. The first-order valence-corrected chi connectivity index (χ1v) is 8.71. The highest BCUT2D eigenvalue weighted by Crippen LogP contribution is 2.27. The highest BCUT2D eigenvalue weighted by Gasteiger charge is 2.32. The lowest BCUT2D eigenvalue weighted by Gasteiger charge is -2.35. The summed E-state index contributed by atoms with van der Waals surface area (Å²) in [7, 11) is 1.69. The third-order valence-corrected chi connectivity index (χ3v) is 4.71. The second-order valence-electron chi connectivity index (χ2n) is 7.61. The van der Waals surface area contributed by atoms with Gasteiger partial charge in [-0.15, -0.1) is 10.2 Å². The first-order valence-electron chi connectivity index (χ1n) is 8.71. The Balaban J connectivity index is 2.04. The molecule has 0 radical (unpaired) electrons. The average molecular weight is 337 g/mol. The molecule has 1 aromatic heterocycles. The van der Waals surface area contributed by atoms with E-state index in [-0.39, 0.29) is 23.7 Å². The number of aromatic nitrogens is 3. The smallest absolute Gasteiger partial charge is 0.318 e. The van der Waals surface area contributed by atoms with Gasteiger partial charge in [-0.1, -0.05) is 13.8 Å². The van der Waals surface area contributed by atoms with Crippen LogP contribution in [-0.2, 0) is 11.3 Å². The highest BCUT2D eigenvalue weighted by atomic mass is 16.5. The van der Waals surface area contributed by atoms with Crippen molar-refractivity contribution >= 4 is 6.03 Å². The monoisotopic (exact) mass is 337 g/mol.